The number of carbonyl (C=O) groups excluding carboxylic acids is 3. The number of amides is 5. The number of carbonyl (C=O) groups is 3. The summed E-state index contributed by atoms with van der Waals surface area (Å²) in [6.45, 7) is 5.59. The lowest BCUT2D eigenvalue weighted by Crippen LogP contribution is -2.59. The molecule has 5 heterocycles. The Balaban J connectivity index is 1.13. The van der Waals surface area contributed by atoms with Gasteiger partial charge in [-0.1, -0.05) is 11.6 Å². The first-order valence-corrected chi connectivity index (χ1v) is 18.3. The largest absolute Gasteiger partial charge is 0.418 e. The standard InChI is InChI=1S/C33H44ClF3N8O3S/c1-38-29-25(33(35,36)37)16-21(17-26(29)34)18-27(30(46)43-14-12-42(13-15-43)23-2-7-39-8-3-23)40-31(47)44-9-5-24(6-10-44)45-11-4-22-19-49-20-28(22)41-32(45)48/h16-17,19-20,23-24,27,38-39H,2-15,18H2,1H3,(H,40,47)(H,41,48)/t27-/m1/s1. The Labute approximate surface area is 293 Å². The highest BCUT2D eigenvalue weighted by Gasteiger charge is 2.37. The van der Waals surface area contributed by atoms with E-state index in [1.165, 1.54) is 13.1 Å². The summed E-state index contributed by atoms with van der Waals surface area (Å²) in [6, 6.07) is 1.13. The van der Waals surface area contributed by atoms with E-state index in [0.717, 1.165) is 49.7 Å². The Bertz CT molecular complexity index is 1500. The molecule has 11 nitrogen and oxygen atoms in total. The molecule has 0 saturated carbocycles. The first-order chi connectivity index (χ1) is 23.5. The molecule has 4 aliphatic heterocycles. The van der Waals surface area contributed by atoms with Crippen molar-refractivity contribution in [1.82, 2.24) is 30.2 Å². The zero-order chi connectivity index (χ0) is 34.7. The molecular formula is C33H44ClF3N8O3S. The minimum Gasteiger partial charge on any atom is -0.386 e. The number of piperidine rings is 2. The number of urea groups is 2. The number of nitrogens with one attached hydrogen (secondary N) is 4. The number of piperazine rings is 1. The van der Waals surface area contributed by atoms with Crippen LogP contribution in [0.3, 0.4) is 0 Å². The maximum Gasteiger partial charge on any atom is 0.418 e. The van der Waals surface area contributed by atoms with Gasteiger partial charge in [-0.05, 0) is 73.8 Å². The van der Waals surface area contributed by atoms with Gasteiger partial charge in [-0.15, -0.1) is 11.3 Å². The lowest BCUT2D eigenvalue weighted by Gasteiger charge is -2.42. The number of rotatable bonds is 7. The number of anilines is 2. The minimum atomic E-state index is -4.67. The molecule has 268 valence electrons. The highest BCUT2D eigenvalue weighted by Crippen LogP contribution is 2.39. The van der Waals surface area contributed by atoms with Crippen LogP contribution in [0.4, 0.5) is 34.1 Å². The summed E-state index contributed by atoms with van der Waals surface area (Å²) < 4.78 is 42.0. The van der Waals surface area contributed by atoms with Gasteiger partial charge in [0.15, 0.2) is 0 Å². The predicted octanol–water partition coefficient (Wildman–Crippen LogP) is 4.53. The molecule has 0 spiro atoms. The number of benzene rings is 1. The van der Waals surface area contributed by atoms with Crippen molar-refractivity contribution in [3.05, 3.63) is 44.6 Å². The van der Waals surface area contributed by atoms with Crippen molar-refractivity contribution >= 4 is 52.3 Å². The fourth-order valence-electron chi connectivity index (χ4n) is 7.52. The second kappa shape index (κ2) is 15.3. The molecule has 5 amide bonds. The molecule has 4 N–H and O–H groups in total. The van der Waals surface area contributed by atoms with Crippen molar-refractivity contribution in [1.29, 1.82) is 0 Å². The molecule has 4 aliphatic rings. The molecule has 1 aromatic heterocycles. The number of halogens is 4. The van der Waals surface area contributed by atoms with Crippen LogP contribution in [0.1, 0.15) is 42.4 Å². The summed E-state index contributed by atoms with van der Waals surface area (Å²) in [5.41, 5.74) is 0.991. The van der Waals surface area contributed by atoms with Crippen LogP contribution >= 0.6 is 22.9 Å². The smallest absolute Gasteiger partial charge is 0.386 e. The number of likely N-dealkylation sites (tertiary alicyclic amines) is 1. The highest BCUT2D eigenvalue weighted by atomic mass is 35.5. The van der Waals surface area contributed by atoms with Crippen molar-refractivity contribution in [3.8, 4) is 0 Å². The summed E-state index contributed by atoms with van der Waals surface area (Å²) in [6.07, 6.45) is -0.838. The Kier molecular flexibility index (Phi) is 11.1. The SMILES string of the molecule is CNc1c(Cl)cc(C[C@@H](NC(=O)N2CCC(N3CCc4cscc4NC3=O)CC2)C(=O)N2CCN(C3CCNCC3)CC2)cc1C(F)(F)F. The molecule has 2 aromatic rings. The van der Waals surface area contributed by atoms with E-state index in [4.69, 9.17) is 11.6 Å². The number of alkyl halides is 3. The summed E-state index contributed by atoms with van der Waals surface area (Å²) in [4.78, 5) is 48.3. The zero-order valence-electron chi connectivity index (χ0n) is 27.6. The molecule has 0 unspecified atom stereocenters. The van der Waals surface area contributed by atoms with Crippen LogP contribution in [0.25, 0.3) is 0 Å². The van der Waals surface area contributed by atoms with Crippen LogP contribution < -0.4 is 21.3 Å². The minimum absolute atomic E-state index is 0.0426. The van der Waals surface area contributed by atoms with Gasteiger partial charge in [0.05, 0.1) is 22.0 Å². The van der Waals surface area contributed by atoms with Crippen LogP contribution in [-0.2, 0) is 23.8 Å². The Morgan fingerprint density at radius 2 is 1.69 bits per heavy atom. The molecule has 1 atom stereocenters. The Hall–Kier alpha value is -3.27. The molecule has 0 bridgehead atoms. The van der Waals surface area contributed by atoms with Gasteiger partial charge in [-0.3, -0.25) is 9.69 Å². The molecule has 1 aromatic carbocycles. The van der Waals surface area contributed by atoms with E-state index < -0.39 is 23.8 Å². The third kappa shape index (κ3) is 8.21. The number of nitrogens with zero attached hydrogens (tertiary/aromatic N) is 4. The van der Waals surface area contributed by atoms with Crippen molar-refractivity contribution in [2.45, 2.75) is 62.8 Å². The molecule has 6 rings (SSSR count). The average molecular weight is 725 g/mol. The molecule has 0 radical (unpaired) electrons. The summed E-state index contributed by atoms with van der Waals surface area (Å²) >= 11 is 7.85. The van der Waals surface area contributed by atoms with Gasteiger partial charge < -0.3 is 36.0 Å². The quantitative estimate of drug-likeness (QED) is 0.334. The fourth-order valence-corrected chi connectivity index (χ4v) is 8.68. The van der Waals surface area contributed by atoms with Gasteiger partial charge in [0, 0.05) is 76.7 Å². The monoisotopic (exact) mass is 724 g/mol. The van der Waals surface area contributed by atoms with Gasteiger partial charge in [-0.25, -0.2) is 9.59 Å². The first kappa shape index (κ1) is 35.6. The van der Waals surface area contributed by atoms with Gasteiger partial charge in [0.25, 0.3) is 0 Å². The van der Waals surface area contributed by atoms with E-state index >= 15 is 0 Å². The van der Waals surface area contributed by atoms with E-state index in [-0.39, 0.29) is 40.7 Å². The van der Waals surface area contributed by atoms with Crippen LogP contribution in [0.2, 0.25) is 5.02 Å². The number of hydrogen-bond acceptors (Lipinski definition) is 7. The summed E-state index contributed by atoms with van der Waals surface area (Å²) in [5.74, 6) is -0.330. The third-order valence-electron chi connectivity index (χ3n) is 10.3. The van der Waals surface area contributed by atoms with Gasteiger partial charge >= 0.3 is 18.2 Å². The maximum absolute atomic E-state index is 14.0. The van der Waals surface area contributed by atoms with E-state index in [9.17, 15) is 27.6 Å². The second-order valence-electron chi connectivity index (χ2n) is 13.2. The lowest BCUT2D eigenvalue weighted by atomic mass is 9.99. The van der Waals surface area contributed by atoms with Crippen LogP contribution in [0, 0.1) is 0 Å². The fraction of sp³-hybridized carbons (Fsp3) is 0.606. The van der Waals surface area contributed by atoms with Gasteiger partial charge in [0.2, 0.25) is 5.91 Å². The summed E-state index contributed by atoms with van der Waals surface area (Å²) in [7, 11) is 1.37. The number of fused-ring (bicyclic) bond motifs is 1. The van der Waals surface area contributed by atoms with Crippen LogP contribution in [-0.4, -0.2) is 122 Å². The average Bonchev–Trinajstić information content (AvgIpc) is 3.47. The predicted molar refractivity (Wildman–Crippen MR) is 184 cm³/mol. The Morgan fingerprint density at radius 1 is 0.980 bits per heavy atom. The van der Waals surface area contributed by atoms with Gasteiger partial charge in [-0.2, -0.15) is 13.2 Å². The van der Waals surface area contributed by atoms with E-state index in [1.54, 1.807) is 21.1 Å². The summed E-state index contributed by atoms with van der Waals surface area (Å²) in [5, 5.41) is 15.6. The first-order valence-electron chi connectivity index (χ1n) is 17.0. The van der Waals surface area contributed by atoms with Crippen molar-refractivity contribution in [2.24, 2.45) is 0 Å². The van der Waals surface area contributed by atoms with Gasteiger partial charge in [0.1, 0.15) is 6.04 Å². The zero-order valence-corrected chi connectivity index (χ0v) is 29.2. The van der Waals surface area contributed by atoms with Crippen LogP contribution in [0.5, 0.6) is 0 Å². The number of hydrogen-bond donors (Lipinski definition) is 4. The van der Waals surface area contributed by atoms with Crippen LogP contribution in [0.15, 0.2) is 22.9 Å². The van der Waals surface area contributed by atoms with E-state index in [2.05, 4.69) is 26.2 Å². The molecule has 3 saturated heterocycles. The molecule has 49 heavy (non-hydrogen) atoms. The second-order valence-corrected chi connectivity index (χ2v) is 14.3. The Morgan fingerprint density at radius 3 is 2.37 bits per heavy atom. The molecule has 3 fully saturated rings. The van der Waals surface area contributed by atoms with Crippen molar-refractivity contribution in [2.75, 3.05) is 76.6 Å². The normalized spacial score (nSPS) is 20.8. The third-order valence-corrected chi connectivity index (χ3v) is 11.3. The topological polar surface area (TPSA) is 112 Å². The lowest BCUT2D eigenvalue weighted by molar-refractivity contribution is -0.137. The number of thiophene rings is 1. The molecule has 16 heteroatoms. The van der Waals surface area contributed by atoms with E-state index in [0.29, 0.717) is 64.7 Å². The van der Waals surface area contributed by atoms with Crippen molar-refractivity contribution in [3.63, 3.8) is 0 Å². The van der Waals surface area contributed by atoms with E-state index in [1.807, 2.05) is 15.7 Å². The highest BCUT2D eigenvalue weighted by molar-refractivity contribution is 7.08. The molecule has 0 aliphatic carbocycles. The van der Waals surface area contributed by atoms with Crippen molar-refractivity contribution < 1.29 is 27.6 Å². The maximum atomic E-state index is 14.0. The molecular weight excluding hydrogens is 681 g/mol.